The van der Waals surface area contributed by atoms with Gasteiger partial charge in [0.05, 0.1) is 0 Å². The molecule has 0 spiro atoms. The fourth-order valence-electron chi connectivity index (χ4n) is 3.70. The second-order valence-electron chi connectivity index (χ2n) is 7.29. The number of aryl methyl sites for hydroxylation is 1. The predicted molar refractivity (Wildman–Crippen MR) is 111 cm³/mol. The average molecular weight is 367 g/mol. The minimum atomic E-state index is 0.0645. The van der Waals surface area contributed by atoms with E-state index in [0.29, 0.717) is 0 Å². The lowest BCUT2D eigenvalue weighted by Gasteiger charge is -2.43. The molecule has 2 aromatic rings. The highest BCUT2D eigenvalue weighted by molar-refractivity contribution is 5.79. The van der Waals surface area contributed by atoms with Crippen LogP contribution in [0.15, 0.2) is 64.5 Å². The molecule has 27 heavy (non-hydrogen) atoms. The van der Waals surface area contributed by atoms with Gasteiger partial charge in [-0.3, -0.25) is 9.79 Å². The zero-order valence-corrected chi connectivity index (χ0v) is 16.2. The van der Waals surface area contributed by atoms with Gasteiger partial charge < -0.3 is 15.2 Å². The third kappa shape index (κ3) is 5.00. The first kappa shape index (κ1) is 19.2. The van der Waals surface area contributed by atoms with Gasteiger partial charge in [-0.05, 0) is 37.3 Å². The van der Waals surface area contributed by atoms with Crippen molar-refractivity contribution >= 4 is 5.96 Å². The summed E-state index contributed by atoms with van der Waals surface area (Å²) in [4.78, 5) is 16.0. The molecule has 0 saturated heterocycles. The summed E-state index contributed by atoms with van der Waals surface area (Å²) in [5.41, 5.74) is 1.73. The van der Waals surface area contributed by atoms with E-state index in [4.69, 9.17) is 0 Å². The van der Waals surface area contributed by atoms with E-state index in [1.807, 2.05) is 19.3 Å². The number of aliphatic imine (C=N–C) groups is 1. The normalized spacial score (nSPS) is 15.8. The summed E-state index contributed by atoms with van der Waals surface area (Å²) in [6.45, 7) is 2.51. The lowest BCUT2D eigenvalue weighted by molar-refractivity contribution is 0.244. The van der Waals surface area contributed by atoms with Crippen molar-refractivity contribution in [3.8, 4) is 0 Å². The molecule has 1 heterocycles. The average Bonchev–Trinajstić information content (AvgIpc) is 2.67. The van der Waals surface area contributed by atoms with Crippen LogP contribution in [0.4, 0.5) is 0 Å². The quantitative estimate of drug-likeness (QED) is 0.429. The zero-order chi connectivity index (χ0) is 19.0. The van der Waals surface area contributed by atoms with Crippen LogP contribution in [0.5, 0.6) is 0 Å². The number of benzene rings is 1. The lowest BCUT2D eigenvalue weighted by Crippen LogP contribution is -2.49. The highest BCUT2D eigenvalue weighted by atomic mass is 16.1. The fourth-order valence-corrected chi connectivity index (χ4v) is 3.70. The van der Waals surface area contributed by atoms with E-state index < -0.39 is 0 Å². The molecule has 1 aromatic carbocycles. The maximum atomic E-state index is 11.7. The van der Waals surface area contributed by atoms with Gasteiger partial charge in [-0.2, -0.15) is 0 Å². The summed E-state index contributed by atoms with van der Waals surface area (Å²) >= 11 is 0. The molecule has 1 fully saturated rings. The Morgan fingerprint density at radius 1 is 1.07 bits per heavy atom. The predicted octanol–water partition coefficient (Wildman–Crippen LogP) is 2.92. The van der Waals surface area contributed by atoms with E-state index in [1.54, 1.807) is 16.7 Å². The number of hydrogen-bond donors (Lipinski definition) is 2. The maximum Gasteiger partial charge on any atom is 0.250 e. The number of pyridine rings is 1. The van der Waals surface area contributed by atoms with Crippen molar-refractivity contribution in [2.75, 3.05) is 20.1 Å². The van der Waals surface area contributed by atoms with Gasteiger partial charge in [-0.15, -0.1) is 0 Å². The molecule has 1 aliphatic rings. The zero-order valence-electron chi connectivity index (χ0n) is 16.2. The van der Waals surface area contributed by atoms with Crippen molar-refractivity contribution in [2.45, 2.75) is 44.1 Å². The summed E-state index contributed by atoms with van der Waals surface area (Å²) in [5, 5.41) is 6.91. The molecule has 0 atom stereocenters. The molecule has 2 N–H and O–H groups in total. The first-order valence-electron chi connectivity index (χ1n) is 9.89. The summed E-state index contributed by atoms with van der Waals surface area (Å²) in [6, 6.07) is 16.1. The highest BCUT2D eigenvalue weighted by Gasteiger charge is 2.38. The fraction of sp³-hybridized carbons (Fsp3) is 0.455. The van der Waals surface area contributed by atoms with Crippen molar-refractivity contribution in [3.63, 3.8) is 0 Å². The van der Waals surface area contributed by atoms with Gasteiger partial charge in [0.2, 0.25) is 5.56 Å². The first-order valence-corrected chi connectivity index (χ1v) is 9.89. The van der Waals surface area contributed by atoms with Gasteiger partial charge in [0.15, 0.2) is 5.96 Å². The number of hydrogen-bond acceptors (Lipinski definition) is 2. The number of rotatable bonds is 8. The molecule has 1 aliphatic carbocycles. The molecule has 144 valence electrons. The molecule has 0 amide bonds. The van der Waals surface area contributed by atoms with Gasteiger partial charge in [0.25, 0.3) is 0 Å². The molecule has 0 unspecified atom stereocenters. The van der Waals surface area contributed by atoms with Crippen molar-refractivity contribution in [3.05, 3.63) is 70.6 Å². The SMILES string of the molecule is CN=C(NCCCCn1ccccc1=O)NCC1(c2ccccc2)CCC1. The van der Waals surface area contributed by atoms with Crippen molar-refractivity contribution in [1.82, 2.24) is 15.2 Å². The molecule has 1 aromatic heterocycles. The van der Waals surface area contributed by atoms with E-state index in [1.165, 1.54) is 24.8 Å². The minimum absolute atomic E-state index is 0.0645. The topological polar surface area (TPSA) is 58.4 Å². The molecule has 5 nitrogen and oxygen atoms in total. The van der Waals surface area contributed by atoms with Crippen LogP contribution in [0.25, 0.3) is 0 Å². The second kappa shape index (κ2) is 9.40. The van der Waals surface area contributed by atoms with Gasteiger partial charge in [0.1, 0.15) is 0 Å². The highest BCUT2D eigenvalue weighted by Crippen LogP contribution is 2.43. The van der Waals surface area contributed by atoms with E-state index in [9.17, 15) is 4.79 Å². The molecular weight excluding hydrogens is 336 g/mol. The Labute approximate surface area is 161 Å². The minimum Gasteiger partial charge on any atom is -0.356 e. The Morgan fingerprint density at radius 3 is 2.52 bits per heavy atom. The first-order chi connectivity index (χ1) is 13.2. The van der Waals surface area contributed by atoms with Gasteiger partial charge in [0, 0.05) is 44.4 Å². The molecule has 0 radical (unpaired) electrons. The van der Waals surface area contributed by atoms with E-state index in [0.717, 1.165) is 38.4 Å². The van der Waals surface area contributed by atoms with Crippen LogP contribution in [0.1, 0.15) is 37.7 Å². The van der Waals surface area contributed by atoms with Gasteiger partial charge in [-0.25, -0.2) is 0 Å². The van der Waals surface area contributed by atoms with Crippen LogP contribution < -0.4 is 16.2 Å². The van der Waals surface area contributed by atoms with E-state index >= 15 is 0 Å². The Morgan fingerprint density at radius 2 is 1.85 bits per heavy atom. The Hall–Kier alpha value is -2.56. The molecule has 1 saturated carbocycles. The molecule has 5 heteroatoms. The van der Waals surface area contributed by atoms with Crippen molar-refractivity contribution in [2.24, 2.45) is 4.99 Å². The number of unbranched alkanes of at least 4 members (excludes halogenated alkanes) is 1. The summed E-state index contributed by atoms with van der Waals surface area (Å²) < 4.78 is 1.76. The molecular formula is C22H30N4O. The van der Waals surface area contributed by atoms with Crippen molar-refractivity contribution < 1.29 is 0 Å². The lowest BCUT2D eigenvalue weighted by atomic mass is 9.64. The van der Waals surface area contributed by atoms with Crippen LogP contribution in [0, 0.1) is 0 Å². The summed E-state index contributed by atoms with van der Waals surface area (Å²) in [7, 11) is 1.81. The third-order valence-corrected chi connectivity index (χ3v) is 5.53. The summed E-state index contributed by atoms with van der Waals surface area (Å²) in [5.74, 6) is 0.856. The van der Waals surface area contributed by atoms with Crippen LogP contribution in [0.2, 0.25) is 0 Å². The Bertz CT molecular complexity index is 793. The number of nitrogens with zero attached hydrogens (tertiary/aromatic N) is 2. The second-order valence-corrected chi connectivity index (χ2v) is 7.29. The number of guanidine groups is 1. The molecule has 3 rings (SSSR count). The molecule has 0 aliphatic heterocycles. The largest absolute Gasteiger partial charge is 0.356 e. The number of nitrogens with one attached hydrogen (secondary N) is 2. The Balaban J connectivity index is 1.41. The summed E-state index contributed by atoms with van der Waals surface area (Å²) in [6.07, 6.45) is 7.55. The maximum absolute atomic E-state index is 11.7. The van der Waals surface area contributed by atoms with Gasteiger partial charge >= 0.3 is 0 Å². The van der Waals surface area contributed by atoms with Gasteiger partial charge in [-0.1, -0.05) is 42.8 Å². The molecule has 0 bridgehead atoms. The van der Waals surface area contributed by atoms with Crippen LogP contribution in [-0.4, -0.2) is 30.7 Å². The van der Waals surface area contributed by atoms with Crippen LogP contribution in [-0.2, 0) is 12.0 Å². The van der Waals surface area contributed by atoms with Crippen molar-refractivity contribution in [1.29, 1.82) is 0 Å². The standard InChI is InChI=1S/C22H30N4O/c1-23-21(24-15-6-8-17-26-16-7-5-12-20(26)27)25-18-22(13-9-14-22)19-10-3-2-4-11-19/h2-5,7,10-12,16H,6,8-9,13-15,17-18H2,1H3,(H2,23,24,25). The van der Waals surface area contributed by atoms with E-state index in [2.05, 4.69) is 46.0 Å². The number of aromatic nitrogens is 1. The van der Waals surface area contributed by atoms with E-state index in [-0.39, 0.29) is 11.0 Å². The third-order valence-electron chi connectivity index (χ3n) is 5.53. The monoisotopic (exact) mass is 366 g/mol. The van der Waals surface area contributed by atoms with Crippen LogP contribution in [0.3, 0.4) is 0 Å². The Kier molecular flexibility index (Phi) is 6.69. The van der Waals surface area contributed by atoms with Crippen LogP contribution >= 0.6 is 0 Å². The smallest absolute Gasteiger partial charge is 0.250 e.